The minimum Gasteiger partial charge on any atom is -0.326 e. The summed E-state index contributed by atoms with van der Waals surface area (Å²) in [6.07, 6.45) is 0. The Labute approximate surface area is 37.3 Å². The Kier molecular flexibility index (Phi) is 2.32. The van der Waals surface area contributed by atoms with Crippen LogP contribution in [0.15, 0.2) is 11.5 Å². The number of nitrogens with two attached hydrogens (primary N) is 1. The molecule has 0 aromatic carbocycles. The lowest BCUT2D eigenvalue weighted by molar-refractivity contribution is 1.24. The highest BCUT2D eigenvalue weighted by Gasteiger charge is 1.68. The fourth-order valence-corrected chi connectivity index (χ4v) is 0. The van der Waals surface area contributed by atoms with E-state index in [1.807, 2.05) is 0 Å². The molecular formula is C3H7NS. The van der Waals surface area contributed by atoms with Crippen LogP contribution >= 0.6 is 12.6 Å². The summed E-state index contributed by atoms with van der Waals surface area (Å²) in [7, 11) is 0. The van der Waals surface area contributed by atoms with Gasteiger partial charge in [0.2, 0.25) is 0 Å². The standard InChI is InChI=1S/C3H7NS/c1-3(5)2-4/h5H,1-2,4H2. The van der Waals surface area contributed by atoms with Crippen molar-refractivity contribution in [3.8, 4) is 0 Å². The van der Waals surface area contributed by atoms with Gasteiger partial charge in [0.1, 0.15) is 0 Å². The minimum atomic E-state index is 0.475. The second-order valence-corrected chi connectivity index (χ2v) is 1.40. The Morgan fingerprint density at radius 3 is 2.20 bits per heavy atom. The number of thiol groups is 1. The first kappa shape index (κ1) is 5.05. The quantitative estimate of drug-likeness (QED) is 0.446. The maximum Gasteiger partial charge on any atom is 0.0230 e. The molecule has 0 rings (SSSR count). The third kappa shape index (κ3) is 4.05. The van der Waals surface area contributed by atoms with Crippen molar-refractivity contribution in [2.75, 3.05) is 6.54 Å². The summed E-state index contributed by atoms with van der Waals surface area (Å²) in [5.74, 6) is 0. The van der Waals surface area contributed by atoms with Gasteiger partial charge in [-0.2, -0.15) is 0 Å². The monoisotopic (exact) mass is 89.0 g/mol. The second-order valence-electron chi connectivity index (χ2n) is 0.770. The molecule has 0 amide bonds. The maximum atomic E-state index is 5.00. The van der Waals surface area contributed by atoms with Crippen LogP contribution in [0.4, 0.5) is 0 Å². The van der Waals surface area contributed by atoms with Crippen LogP contribution in [0.5, 0.6) is 0 Å². The molecular weight excluding hydrogens is 82.1 g/mol. The van der Waals surface area contributed by atoms with Gasteiger partial charge in [0.25, 0.3) is 0 Å². The van der Waals surface area contributed by atoms with Crippen LogP contribution in [0.3, 0.4) is 0 Å². The molecule has 0 aliphatic rings. The van der Waals surface area contributed by atoms with Crippen molar-refractivity contribution >= 4 is 12.6 Å². The molecule has 2 heteroatoms. The van der Waals surface area contributed by atoms with E-state index >= 15 is 0 Å². The van der Waals surface area contributed by atoms with Crippen LogP contribution in [-0.4, -0.2) is 6.54 Å². The third-order valence-electron chi connectivity index (χ3n) is 0.236. The van der Waals surface area contributed by atoms with E-state index in [0.29, 0.717) is 6.54 Å². The zero-order chi connectivity index (χ0) is 4.28. The maximum absolute atomic E-state index is 5.00. The van der Waals surface area contributed by atoms with Gasteiger partial charge in [0.15, 0.2) is 0 Å². The van der Waals surface area contributed by atoms with Crippen molar-refractivity contribution in [3.63, 3.8) is 0 Å². The Bertz CT molecular complexity index is 42.2. The summed E-state index contributed by atoms with van der Waals surface area (Å²) >= 11 is 3.78. The van der Waals surface area contributed by atoms with Crippen LogP contribution in [0.25, 0.3) is 0 Å². The molecule has 0 aliphatic carbocycles. The fourth-order valence-electron chi connectivity index (χ4n) is 0. The van der Waals surface area contributed by atoms with Crippen molar-refractivity contribution in [2.24, 2.45) is 5.73 Å². The lowest BCUT2D eigenvalue weighted by atomic mass is 10.7. The zero-order valence-electron chi connectivity index (χ0n) is 2.94. The molecule has 5 heavy (non-hydrogen) atoms. The lowest BCUT2D eigenvalue weighted by Crippen LogP contribution is -1.95. The van der Waals surface area contributed by atoms with Crippen molar-refractivity contribution in [1.29, 1.82) is 0 Å². The Morgan fingerprint density at radius 2 is 2.20 bits per heavy atom. The Morgan fingerprint density at radius 1 is 2.00 bits per heavy atom. The molecule has 0 spiro atoms. The van der Waals surface area contributed by atoms with Crippen LogP contribution in [0.1, 0.15) is 0 Å². The van der Waals surface area contributed by atoms with Gasteiger partial charge in [-0.1, -0.05) is 6.58 Å². The van der Waals surface area contributed by atoms with E-state index in [0.717, 1.165) is 4.91 Å². The number of rotatable bonds is 1. The lowest BCUT2D eigenvalue weighted by Gasteiger charge is -1.79. The van der Waals surface area contributed by atoms with E-state index in [1.54, 1.807) is 0 Å². The molecule has 0 aromatic heterocycles. The molecule has 0 bridgehead atoms. The SMILES string of the molecule is C=C(S)CN. The highest BCUT2D eigenvalue weighted by Crippen LogP contribution is 1.86. The van der Waals surface area contributed by atoms with E-state index in [4.69, 9.17) is 5.73 Å². The van der Waals surface area contributed by atoms with E-state index in [9.17, 15) is 0 Å². The molecule has 1 nitrogen and oxygen atoms in total. The molecule has 0 fully saturated rings. The van der Waals surface area contributed by atoms with Crippen molar-refractivity contribution in [3.05, 3.63) is 11.5 Å². The first-order chi connectivity index (χ1) is 2.27. The average molecular weight is 89.2 g/mol. The smallest absolute Gasteiger partial charge is 0.0230 e. The van der Waals surface area contributed by atoms with Crippen LogP contribution < -0.4 is 5.73 Å². The molecule has 2 N–H and O–H groups in total. The highest BCUT2D eigenvalue weighted by atomic mass is 32.1. The summed E-state index contributed by atoms with van der Waals surface area (Å²) in [5.41, 5.74) is 5.00. The molecule has 0 saturated carbocycles. The van der Waals surface area contributed by atoms with Gasteiger partial charge in [-0.25, -0.2) is 0 Å². The van der Waals surface area contributed by atoms with Crippen LogP contribution in [0.2, 0.25) is 0 Å². The normalized spacial score (nSPS) is 7.60. The third-order valence-corrected chi connectivity index (χ3v) is 0.418. The van der Waals surface area contributed by atoms with Gasteiger partial charge >= 0.3 is 0 Å². The molecule has 0 radical (unpaired) electrons. The highest BCUT2D eigenvalue weighted by molar-refractivity contribution is 7.84. The van der Waals surface area contributed by atoms with Gasteiger partial charge in [0, 0.05) is 6.54 Å². The minimum absolute atomic E-state index is 0.475. The van der Waals surface area contributed by atoms with Crippen LogP contribution in [-0.2, 0) is 0 Å². The summed E-state index contributed by atoms with van der Waals surface area (Å²) < 4.78 is 0. The van der Waals surface area contributed by atoms with E-state index in [1.165, 1.54) is 0 Å². The topological polar surface area (TPSA) is 26.0 Å². The van der Waals surface area contributed by atoms with Crippen molar-refractivity contribution in [1.82, 2.24) is 0 Å². The number of hydrogen-bond donors (Lipinski definition) is 2. The fraction of sp³-hybridized carbons (Fsp3) is 0.333. The van der Waals surface area contributed by atoms with Crippen molar-refractivity contribution < 1.29 is 0 Å². The van der Waals surface area contributed by atoms with Crippen molar-refractivity contribution in [2.45, 2.75) is 0 Å². The van der Waals surface area contributed by atoms with Gasteiger partial charge in [-0.05, 0) is 4.91 Å². The van der Waals surface area contributed by atoms with Gasteiger partial charge < -0.3 is 5.73 Å². The molecule has 0 aromatic rings. The molecule has 0 heterocycles. The molecule has 0 aliphatic heterocycles. The second kappa shape index (κ2) is 2.30. The first-order valence-corrected chi connectivity index (χ1v) is 1.79. The predicted molar refractivity (Wildman–Crippen MR) is 27.2 cm³/mol. The number of hydrogen-bond acceptors (Lipinski definition) is 2. The van der Waals surface area contributed by atoms with E-state index < -0.39 is 0 Å². The van der Waals surface area contributed by atoms with E-state index in [-0.39, 0.29) is 0 Å². The first-order valence-electron chi connectivity index (χ1n) is 1.34. The Balaban J connectivity index is 2.85. The summed E-state index contributed by atoms with van der Waals surface area (Å²) in [6, 6.07) is 0. The molecule has 30 valence electrons. The molecule has 0 atom stereocenters. The van der Waals surface area contributed by atoms with Gasteiger partial charge in [-0.15, -0.1) is 12.6 Å². The van der Waals surface area contributed by atoms with E-state index in [2.05, 4.69) is 19.2 Å². The van der Waals surface area contributed by atoms with Crippen LogP contribution in [0, 0.1) is 0 Å². The average Bonchev–Trinajstić information content (AvgIpc) is 1.38. The van der Waals surface area contributed by atoms with Gasteiger partial charge in [0.05, 0.1) is 0 Å². The largest absolute Gasteiger partial charge is 0.326 e. The molecule has 0 saturated heterocycles. The Hall–Kier alpha value is 0.0500. The van der Waals surface area contributed by atoms with Gasteiger partial charge in [-0.3, -0.25) is 0 Å². The summed E-state index contributed by atoms with van der Waals surface area (Å²) in [5, 5.41) is 0. The summed E-state index contributed by atoms with van der Waals surface area (Å²) in [4.78, 5) is 0.727. The predicted octanol–water partition coefficient (Wildman–Crippen LogP) is 0.389. The summed E-state index contributed by atoms with van der Waals surface area (Å²) in [6.45, 7) is 3.89. The molecule has 0 unspecified atom stereocenters. The zero-order valence-corrected chi connectivity index (χ0v) is 3.83.